The second kappa shape index (κ2) is 10.9. The van der Waals surface area contributed by atoms with Crippen LogP contribution in [0.25, 0.3) is 0 Å². The second-order valence-corrected chi connectivity index (χ2v) is 12.4. The minimum atomic E-state index is -1.23. The van der Waals surface area contributed by atoms with E-state index in [0.29, 0.717) is 12.8 Å². The summed E-state index contributed by atoms with van der Waals surface area (Å²) in [6.45, 7) is 12.7. The molecule has 0 aromatic rings. The lowest BCUT2D eigenvalue weighted by Crippen LogP contribution is -2.45. The molecule has 3 rings (SSSR count). The standard InChI is InChI=1S/C27H41NO6S/c1-15-9-8-10-27(7)22(34-27)12-20(16(2)11-19-14-35-18(4)28-19)33-23(30)13-21(29)26(5,6)25(32)17(3)24(15)31/h8-9,11,15,17,19-22,24,29,31H,10,12-14H2,1-7H3/b9-8+,16-11+/t15-,17+,19?,20-,21-,22?,24-,27?/m0/s1. The van der Waals surface area contributed by atoms with Gasteiger partial charge < -0.3 is 19.7 Å². The average Bonchev–Trinajstić information content (AvgIpc) is 3.22. The number of ketones is 1. The van der Waals surface area contributed by atoms with Gasteiger partial charge in [0.1, 0.15) is 11.9 Å². The van der Waals surface area contributed by atoms with E-state index in [0.717, 1.165) is 16.4 Å². The molecule has 1 fully saturated rings. The molecular weight excluding hydrogens is 466 g/mol. The van der Waals surface area contributed by atoms with Crippen molar-refractivity contribution in [3.63, 3.8) is 0 Å². The van der Waals surface area contributed by atoms with E-state index in [-0.39, 0.29) is 35.9 Å². The van der Waals surface area contributed by atoms with Gasteiger partial charge in [-0.1, -0.05) is 45.9 Å². The van der Waals surface area contributed by atoms with Crippen LogP contribution in [0.1, 0.15) is 67.7 Å². The Morgan fingerprint density at radius 1 is 1.23 bits per heavy atom. The predicted molar refractivity (Wildman–Crippen MR) is 138 cm³/mol. The topological polar surface area (TPSA) is 109 Å². The first-order valence-electron chi connectivity index (χ1n) is 12.5. The van der Waals surface area contributed by atoms with Gasteiger partial charge in [0.2, 0.25) is 0 Å². The minimum Gasteiger partial charge on any atom is -0.458 e. The number of hydrogen-bond acceptors (Lipinski definition) is 8. The summed E-state index contributed by atoms with van der Waals surface area (Å²) in [5.41, 5.74) is -0.678. The summed E-state index contributed by atoms with van der Waals surface area (Å²) >= 11 is 1.71. The Morgan fingerprint density at radius 3 is 2.54 bits per heavy atom. The number of fused-ring (bicyclic) bond motifs is 1. The number of esters is 1. The monoisotopic (exact) mass is 507 g/mol. The molecule has 7 nitrogen and oxygen atoms in total. The molecule has 0 aromatic heterocycles. The molecule has 0 aliphatic carbocycles. The predicted octanol–water partition coefficient (Wildman–Crippen LogP) is 3.87. The van der Waals surface area contributed by atoms with Gasteiger partial charge in [0.25, 0.3) is 0 Å². The zero-order valence-corrected chi connectivity index (χ0v) is 22.8. The third kappa shape index (κ3) is 6.64. The third-order valence-electron chi connectivity index (χ3n) is 7.77. The van der Waals surface area contributed by atoms with Crippen molar-refractivity contribution >= 4 is 28.6 Å². The van der Waals surface area contributed by atoms with E-state index in [1.165, 1.54) is 0 Å². The molecule has 0 amide bonds. The van der Waals surface area contributed by atoms with Crippen molar-refractivity contribution in [3.05, 3.63) is 23.8 Å². The van der Waals surface area contributed by atoms with Crippen molar-refractivity contribution in [1.82, 2.24) is 0 Å². The van der Waals surface area contributed by atoms with Crippen LogP contribution in [-0.4, -0.2) is 68.8 Å². The molecular formula is C27H41NO6S. The Hall–Kier alpha value is -1.48. The summed E-state index contributed by atoms with van der Waals surface area (Å²) in [6, 6.07) is 0.0463. The Kier molecular flexibility index (Phi) is 8.73. The van der Waals surface area contributed by atoms with Gasteiger partial charge in [-0.3, -0.25) is 14.6 Å². The average molecular weight is 508 g/mol. The molecule has 0 radical (unpaired) electrons. The summed E-state index contributed by atoms with van der Waals surface area (Å²) in [7, 11) is 0. The van der Waals surface area contributed by atoms with Crippen molar-refractivity contribution in [1.29, 1.82) is 0 Å². The summed E-state index contributed by atoms with van der Waals surface area (Å²) in [5, 5.41) is 22.7. The van der Waals surface area contributed by atoms with Crippen LogP contribution in [0.4, 0.5) is 0 Å². The summed E-state index contributed by atoms with van der Waals surface area (Å²) in [6.07, 6.45) is 4.12. The van der Waals surface area contributed by atoms with Crippen molar-refractivity contribution < 1.29 is 29.3 Å². The first-order chi connectivity index (χ1) is 16.2. The maximum absolute atomic E-state index is 13.2. The smallest absolute Gasteiger partial charge is 0.309 e. The lowest BCUT2D eigenvalue weighted by molar-refractivity contribution is -0.154. The van der Waals surface area contributed by atoms with E-state index in [1.54, 1.807) is 32.5 Å². The van der Waals surface area contributed by atoms with E-state index < -0.39 is 35.6 Å². The molecule has 3 heterocycles. The maximum Gasteiger partial charge on any atom is 0.309 e. The number of rotatable bonds is 2. The highest BCUT2D eigenvalue weighted by molar-refractivity contribution is 8.14. The molecule has 0 aromatic carbocycles. The molecule has 0 saturated carbocycles. The van der Waals surface area contributed by atoms with Gasteiger partial charge in [0, 0.05) is 24.0 Å². The molecule has 1 saturated heterocycles. The van der Waals surface area contributed by atoms with Gasteiger partial charge >= 0.3 is 5.97 Å². The zero-order chi connectivity index (χ0) is 26.1. The van der Waals surface area contributed by atoms with Crippen molar-refractivity contribution in [2.45, 2.75) is 104 Å². The van der Waals surface area contributed by atoms with E-state index in [4.69, 9.17) is 9.47 Å². The fraction of sp³-hybridized carbons (Fsp3) is 0.741. The summed E-state index contributed by atoms with van der Waals surface area (Å²) in [4.78, 5) is 30.7. The molecule has 35 heavy (non-hydrogen) atoms. The number of aliphatic imine (C=N–C) groups is 1. The normalized spacial score (nSPS) is 42.1. The Morgan fingerprint density at radius 2 is 1.91 bits per heavy atom. The van der Waals surface area contributed by atoms with Crippen molar-refractivity contribution in [2.24, 2.45) is 22.2 Å². The maximum atomic E-state index is 13.2. The van der Waals surface area contributed by atoms with Gasteiger partial charge in [-0.05, 0) is 32.8 Å². The number of carbonyl (C=O) groups excluding carboxylic acids is 2. The van der Waals surface area contributed by atoms with Crippen LogP contribution in [0.2, 0.25) is 0 Å². The number of epoxide rings is 1. The molecule has 0 spiro atoms. The number of aliphatic hydroxyl groups is 2. The number of carbonyl (C=O) groups is 2. The van der Waals surface area contributed by atoms with Crippen LogP contribution in [-0.2, 0) is 19.1 Å². The molecule has 8 atom stereocenters. The van der Waals surface area contributed by atoms with Gasteiger partial charge in [-0.2, -0.15) is 0 Å². The Labute approximate surface area is 213 Å². The van der Waals surface area contributed by atoms with E-state index in [1.807, 2.05) is 45.9 Å². The van der Waals surface area contributed by atoms with Gasteiger partial charge in [0.15, 0.2) is 0 Å². The molecule has 3 aliphatic heterocycles. The van der Waals surface area contributed by atoms with Gasteiger partial charge in [-0.15, -0.1) is 11.8 Å². The van der Waals surface area contributed by atoms with E-state index >= 15 is 0 Å². The Balaban J connectivity index is 1.87. The number of thioether (sulfide) groups is 1. The van der Waals surface area contributed by atoms with Gasteiger partial charge in [0.05, 0.1) is 46.8 Å². The van der Waals surface area contributed by atoms with Crippen LogP contribution < -0.4 is 0 Å². The summed E-state index contributed by atoms with van der Waals surface area (Å²) < 4.78 is 11.9. The number of nitrogens with zero attached hydrogens (tertiary/aromatic N) is 1. The van der Waals surface area contributed by atoms with Crippen LogP contribution in [0, 0.1) is 17.3 Å². The highest BCUT2D eigenvalue weighted by atomic mass is 32.2. The van der Waals surface area contributed by atoms with E-state index in [9.17, 15) is 19.8 Å². The van der Waals surface area contributed by atoms with Gasteiger partial charge in [-0.25, -0.2) is 0 Å². The van der Waals surface area contributed by atoms with Crippen LogP contribution in [0.3, 0.4) is 0 Å². The third-order valence-corrected chi connectivity index (χ3v) is 8.80. The first-order valence-corrected chi connectivity index (χ1v) is 13.5. The number of cyclic esters (lactones) is 1. The number of aliphatic hydroxyl groups excluding tert-OH is 2. The Bertz CT molecular complexity index is 911. The first kappa shape index (κ1) is 28.1. The molecule has 0 bridgehead atoms. The fourth-order valence-corrected chi connectivity index (χ4v) is 5.70. The molecule has 8 heteroatoms. The highest BCUT2D eigenvalue weighted by Crippen LogP contribution is 2.44. The molecule has 3 aliphatic rings. The minimum absolute atomic E-state index is 0.0463. The van der Waals surface area contributed by atoms with Crippen LogP contribution in [0.15, 0.2) is 28.8 Å². The number of Topliss-reactive ketones (excluding diaryl/α,β-unsaturated/α-hetero) is 1. The lowest BCUT2D eigenvalue weighted by atomic mass is 9.73. The van der Waals surface area contributed by atoms with E-state index in [2.05, 4.69) is 4.99 Å². The SMILES string of the molecule is CC1=NC(/C=C(\C)[C@@H]2CC3OC3(C)C/C=C/[C@H](C)[C@H](O)[C@@H](C)C(=O)C(C)(C)[C@@H](O)CC(=O)O2)CS1. The largest absolute Gasteiger partial charge is 0.458 e. The second-order valence-electron chi connectivity index (χ2n) is 11.1. The highest BCUT2D eigenvalue weighted by Gasteiger charge is 2.52. The van der Waals surface area contributed by atoms with Crippen molar-refractivity contribution in [3.8, 4) is 0 Å². The molecule has 196 valence electrons. The number of ether oxygens (including phenoxy) is 2. The zero-order valence-electron chi connectivity index (χ0n) is 22.0. The quantitative estimate of drug-likeness (QED) is 0.332. The molecule has 2 N–H and O–H groups in total. The lowest BCUT2D eigenvalue weighted by Gasteiger charge is -2.34. The fourth-order valence-electron chi connectivity index (χ4n) is 4.91. The summed E-state index contributed by atoms with van der Waals surface area (Å²) in [5.74, 6) is -0.923. The number of hydrogen-bond donors (Lipinski definition) is 2. The molecule has 3 unspecified atom stereocenters. The van der Waals surface area contributed by atoms with Crippen LogP contribution >= 0.6 is 11.8 Å². The van der Waals surface area contributed by atoms with Crippen LogP contribution in [0.5, 0.6) is 0 Å². The van der Waals surface area contributed by atoms with Crippen molar-refractivity contribution in [2.75, 3.05) is 5.75 Å².